The fourth-order valence-electron chi connectivity index (χ4n) is 4.34. The van der Waals surface area contributed by atoms with E-state index in [4.69, 9.17) is 9.63 Å². The Morgan fingerprint density at radius 3 is 2.19 bits per heavy atom. The molecule has 0 fully saturated rings. The Morgan fingerprint density at radius 1 is 0.946 bits per heavy atom. The molecule has 5 nitrogen and oxygen atoms in total. The molecule has 1 heterocycles. The van der Waals surface area contributed by atoms with Crippen molar-refractivity contribution < 1.29 is 27.6 Å². The lowest BCUT2D eigenvalue weighted by Crippen LogP contribution is -2.20. The standard InChI is InChI=1S/C29H27F3N2O3/c1-19-27(34(2)16-4-6-20-5-3-7-25(17-20)29(30,31)32)28(37-33-19)24-14-12-23(13-15-24)22-10-8-21(9-11-22)18-26(35)36/h3,5,7-15,17H,4,6,16,18H2,1-2H3,(H,35,36). The first-order valence-electron chi connectivity index (χ1n) is 11.9. The summed E-state index contributed by atoms with van der Waals surface area (Å²) in [6.07, 6.45) is -3.17. The molecule has 0 aliphatic rings. The molecule has 0 radical (unpaired) electrons. The third-order valence-electron chi connectivity index (χ3n) is 6.22. The molecule has 3 aromatic carbocycles. The lowest BCUT2D eigenvalue weighted by atomic mass is 10.0. The van der Waals surface area contributed by atoms with Crippen molar-refractivity contribution in [3.8, 4) is 22.5 Å². The number of carboxylic acid groups (broad SMARTS) is 1. The minimum atomic E-state index is -4.35. The summed E-state index contributed by atoms with van der Waals surface area (Å²) < 4.78 is 44.6. The summed E-state index contributed by atoms with van der Waals surface area (Å²) in [7, 11) is 1.92. The zero-order chi connectivity index (χ0) is 26.6. The van der Waals surface area contributed by atoms with Gasteiger partial charge in [0.05, 0.1) is 12.0 Å². The van der Waals surface area contributed by atoms with Crippen molar-refractivity contribution in [2.75, 3.05) is 18.5 Å². The molecule has 0 bridgehead atoms. The monoisotopic (exact) mass is 508 g/mol. The number of anilines is 1. The van der Waals surface area contributed by atoms with Crippen LogP contribution in [0.25, 0.3) is 22.5 Å². The molecular weight excluding hydrogens is 481 g/mol. The molecule has 1 N–H and O–H groups in total. The van der Waals surface area contributed by atoms with Gasteiger partial charge in [-0.05, 0) is 48.1 Å². The van der Waals surface area contributed by atoms with Gasteiger partial charge in [0.25, 0.3) is 0 Å². The number of carboxylic acids is 1. The van der Waals surface area contributed by atoms with Crippen molar-refractivity contribution in [1.82, 2.24) is 5.16 Å². The second-order valence-corrected chi connectivity index (χ2v) is 9.01. The number of hydrogen-bond donors (Lipinski definition) is 1. The molecular formula is C29H27F3N2O3. The molecule has 0 unspecified atom stereocenters. The van der Waals surface area contributed by atoms with Crippen LogP contribution in [0.2, 0.25) is 0 Å². The molecule has 4 rings (SSSR count). The van der Waals surface area contributed by atoms with E-state index in [1.54, 1.807) is 6.07 Å². The van der Waals surface area contributed by atoms with Crippen LogP contribution in [0.15, 0.2) is 77.3 Å². The van der Waals surface area contributed by atoms with Crippen molar-refractivity contribution in [3.05, 3.63) is 95.2 Å². The van der Waals surface area contributed by atoms with E-state index in [9.17, 15) is 18.0 Å². The van der Waals surface area contributed by atoms with Gasteiger partial charge in [-0.1, -0.05) is 71.9 Å². The molecule has 0 aliphatic heterocycles. The fourth-order valence-corrected chi connectivity index (χ4v) is 4.34. The second-order valence-electron chi connectivity index (χ2n) is 9.01. The number of aliphatic carboxylic acids is 1. The normalized spacial score (nSPS) is 11.5. The van der Waals surface area contributed by atoms with Crippen LogP contribution < -0.4 is 4.90 Å². The van der Waals surface area contributed by atoms with E-state index >= 15 is 0 Å². The zero-order valence-electron chi connectivity index (χ0n) is 20.5. The Labute approximate surface area is 213 Å². The van der Waals surface area contributed by atoms with Crippen LogP contribution in [0.4, 0.5) is 18.9 Å². The highest BCUT2D eigenvalue weighted by molar-refractivity contribution is 5.77. The molecule has 0 saturated carbocycles. The second kappa shape index (κ2) is 10.9. The van der Waals surface area contributed by atoms with Gasteiger partial charge in [0.2, 0.25) is 0 Å². The van der Waals surface area contributed by atoms with Crippen LogP contribution in [-0.4, -0.2) is 29.8 Å². The summed E-state index contributed by atoms with van der Waals surface area (Å²) in [6, 6.07) is 20.7. The van der Waals surface area contributed by atoms with Gasteiger partial charge in [0, 0.05) is 19.2 Å². The molecule has 4 aromatic rings. The number of halogens is 3. The first-order valence-corrected chi connectivity index (χ1v) is 11.9. The minimum absolute atomic E-state index is 0.0136. The minimum Gasteiger partial charge on any atom is -0.481 e. The Balaban J connectivity index is 1.44. The van der Waals surface area contributed by atoms with Crippen LogP contribution in [0.5, 0.6) is 0 Å². The maximum atomic E-state index is 13.0. The Bertz CT molecular complexity index is 1360. The van der Waals surface area contributed by atoms with Crippen molar-refractivity contribution in [2.24, 2.45) is 0 Å². The van der Waals surface area contributed by atoms with Crippen molar-refractivity contribution in [3.63, 3.8) is 0 Å². The van der Waals surface area contributed by atoms with Crippen LogP contribution >= 0.6 is 0 Å². The largest absolute Gasteiger partial charge is 0.481 e. The highest BCUT2D eigenvalue weighted by Crippen LogP contribution is 2.35. The summed E-state index contributed by atoms with van der Waals surface area (Å²) >= 11 is 0. The molecule has 0 atom stereocenters. The molecule has 0 aliphatic carbocycles. The average molecular weight is 509 g/mol. The molecule has 0 amide bonds. The SMILES string of the molecule is Cc1noc(-c2ccc(-c3ccc(CC(=O)O)cc3)cc2)c1N(C)CCCc1cccc(C(F)(F)F)c1. The number of nitrogens with zero attached hydrogens (tertiary/aromatic N) is 2. The third-order valence-corrected chi connectivity index (χ3v) is 6.22. The van der Waals surface area contributed by atoms with Crippen molar-refractivity contribution >= 4 is 11.7 Å². The zero-order valence-corrected chi connectivity index (χ0v) is 20.5. The van der Waals surface area contributed by atoms with E-state index in [0.29, 0.717) is 30.7 Å². The number of alkyl halides is 3. The van der Waals surface area contributed by atoms with Crippen LogP contribution in [-0.2, 0) is 23.8 Å². The van der Waals surface area contributed by atoms with E-state index in [0.717, 1.165) is 39.7 Å². The summed E-state index contributed by atoms with van der Waals surface area (Å²) in [6.45, 7) is 2.48. The van der Waals surface area contributed by atoms with Gasteiger partial charge in [-0.15, -0.1) is 0 Å². The quantitative estimate of drug-likeness (QED) is 0.263. The van der Waals surface area contributed by atoms with E-state index < -0.39 is 17.7 Å². The number of rotatable bonds is 9. The first kappa shape index (κ1) is 26.0. The smallest absolute Gasteiger partial charge is 0.416 e. The van der Waals surface area contributed by atoms with Crippen LogP contribution in [0, 0.1) is 6.92 Å². The van der Waals surface area contributed by atoms with Crippen molar-refractivity contribution in [2.45, 2.75) is 32.4 Å². The molecule has 8 heteroatoms. The summed E-state index contributed by atoms with van der Waals surface area (Å²) in [5.41, 5.74) is 5.15. The molecule has 0 saturated heterocycles. The van der Waals surface area contributed by atoms with Gasteiger partial charge in [-0.3, -0.25) is 4.79 Å². The lowest BCUT2D eigenvalue weighted by molar-refractivity contribution is -0.138. The predicted molar refractivity (Wildman–Crippen MR) is 136 cm³/mol. The van der Waals surface area contributed by atoms with E-state index in [-0.39, 0.29) is 6.42 Å². The van der Waals surface area contributed by atoms with Gasteiger partial charge in [0.15, 0.2) is 5.76 Å². The lowest BCUT2D eigenvalue weighted by Gasteiger charge is -2.19. The molecule has 1 aromatic heterocycles. The van der Waals surface area contributed by atoms with E-state index in [1.807, 2.05) is 67.4 Å². The highest BCUT2D eigenvalue weighted by Gasteiger charge is 2.30. The molecule has 192 valence electrons. The third kappa shape index (κ3) is 6.39. The topological polar surface area (TPSA) is 66.6 Å². The molecule has 0 spiro atoms. The van der Waals surface area contributed by atoms with Gasteiger partial charge >= 0.3 is 12.1 Å². The Hall–Kier alpha value is -4.07. The number of hydrogen-bond acceptors (Lipinski definition) is 4. The number of carbonyl (C=O) groups is 1. The van der Waals surface area contributed by atoms with Gasteiger partial charge < -0.3 is 14.5 Å². The van der Waals surface area contributed by atoms with E-state index in [1.165, 1.54) is 12.1 Å². The average Bonchev–Trinajstić information content (AvgIpc) is 3.25. The highest BCUT2D eigenvalue weighted by atomic mass is 19.4. The van der Waals surface area contributed by atoms with Crippen LogP contribution in [0.1, 0.15) is 28.8 Å². The number of aryl methyl sites for hydroxylation is 2. The number of benzene rings is 3. The van der Waals surface area contributed by atoms with Gasteiger partial charge in [-0.25, -0.2) is 0 Å². The Kier molecular flexibility index (Phi) is 7.66. The predicted octanol–water partition coefficient (Wildman–Crippen LogP) is 7.03. The summed E-state index contributed by atoms with van der Waals surface area (Å²) in [4.78, 5) is 12.9. The summed E-state index contributed by atoms with van der Waals surface area (Å²) in [5, 5.41) is 13.1. The summed E-state index contributed by atoms with van der Waals surface area (Å²) in [5.74, 6) is -0.238. The fraction of sp³-hybridized carbons (Fsp3) is 0.241. The van der Waals surface area contributed by atoms with Gasteiger partial charge in [0.1, 0.15) is 11.4 Å². The maximum absolute atomic E-state index is 13.0. The Morgan fingerprint density at radius 2 is 1.57 bits per heavy atom. The maximum Gasteiger partial charge on any atom is 0.416 e. The number of aromatic nitrogens is 1. The van der Waals surface area contributed by atoms with Gasteiger partial charge in [-0.2, -0.15) is 13.2 Å². The van der Waals surface area contributed by atoms with Crippen LogP contribution in [0.3, 0.4) is 0 Å². The van der Waals surface area contributed by atoms with Crippen molar-refractivity contribution in [1.29, 1.82) is 0 Å². The first-order chi connectivity index (χ1) is 17.6. The molecule has 37 heavy (non-hydrogen) atoms. The van der Waals surface area contributed by atoms with E-state index in [2.05, 4.69) is 5.16 Å².